The molecule has 0 radical (unpaired) electrons. The molecule has 1 fully saturated rings. The molecule has 21 heavy (non-hydrogen) atoms. The summed E-state index contributed by atoms with van der Waals surface area (Å²) in [4.78, 5) is 14.1. The lowest BCUT2D eigenvalue weighted by Gasteiger charge is -2.36. The number of nitrogens with one attached hydrogen (secondary N) is 1. The van der Waals surface area contributed by atoms with Gasteiger partial charge >= 0.3 is 0 Å². The van der Waals surface area contributed by atoms with Crippen LogP contribution in [0.4, 0.5) is 0 Å². The lowest BCUT2D eigenvalue weighted by molar-refractivity contribution is -0.122. The van der Waals surface area contributed by atoms with Gasteiger partial charge in [-0.1, -0.05) is 31.2 Å². The predicted octanol–water partition coefficient (Wildman–Crippen LogP) is 2.40. The van der Waals surface area contributed by atoms with Crippen molar-refractivity contribution in [1.29, 1.82) is 0 Å². The van der Waals surface area contributed by atoms with Crippen LogP contribution in [0.2, 0.25) is 0 Å². The largest absolute Gasteiger partial charge is 0.296 e. The lowest BCUT2D eigenvalue weighted by Crippen LogP contribution is -2.39. The van der Waals surface area contributed by atoms with Gasteiger partial charge in [0.15, 0.2) is 0 Å². The minimum Gasteiger partial charge on any atom is -0.296 e. The smallest absolute Gasteiger partial charge is 0.241 e. The molecule has 1 saturated heterocycles. The fourth-order valence-electron chi connectivity index (χ4n) is 3.11. The number of hydrogen-bond donors (Lipinski definition) is 2. The van der Waals surface area contributed by atoms with Crippen molar-refractivity contribution in [2.75, 3.05) is 6.54 Å². The first kappa shape index (κ1) is 16.0. The Morgan fingerprint density at radius 1 is 1.38 bits per heavy atom. The highest BCUT2D eigenvalue weighted by Gasteiger charge is 2.22. The van der Waals surface area contributed by atoms with E-state index < -0.39 is 0 Å². The average molecular weight is 289 g/mol. The molecule has 2 rings (SSSR count). The van der Waals surface area contributed by atoms with E-state index in [-0.39, 0.29) is 11.8 Å². The van der Waals surface area contributed by atoms with Gasteiger partial charge < -0.3 is 0 Å². The summed E-state index contributed by atoms with van der Waals surface area (Å²) in [5, 5.41) is 0. The summed E-state index contributed by atoms with van der Waals surface area (Å²) in [5.74, 6) is 5.67. The van der Waals surface area contributed by atoms with Gasteiger partial charge in [0.25, 0.3) is 0 Å². The zero-order chi connectivity index (χ0) is 15.4. The Hall–Kier alpha value is -1.39. The van der Waals surface area contributed by atoms with Crippen molar-refractivity contribution in [3.8, 4) is 0 Å². The number of nitrogens with two attached hydrogens (primary N) is 1. The lowest BCUT2D eigenvalue weighted by atomic mass is 9.93. The number of carbonyl (C=O) groups excluding carboxylic acids is 1. The fraction of sp³-hybridized carbons (Fsp3) is 0.588. The Morgan fingerprint density at radius 2 is 2.05 bits per heavy atom. The van der Waals surface area contributed by atoms with Crippen molar-refractivity contribution in [2.24, 2.45) is 11.8 Å². The monoisotopic (exact) mass is 289 g/mol. The highest BCUT2D eigenvalue weighted by Crippen LogP contribution is 2.24. The topological polar surface area (TPSA) is 58.4 Å². The second kappa shape index (κ2) is 7.05. The van der Waals surface area contributed by atoms with Gasteiger partial charge in [-0.05, 0) is 50.3 Å². The summed E-state index contributed by atoms with van der Waals surface area (Å²) in [5.41, 5.74) is 4.51. The summed E-state index contributed by atoms with van der Waals surface area (Å²) in [7, 11) is 0. The molecule has 0 aliphatic carbocycles. The maximum Gasteiger partial charge on any atom is 0.241 e. The molecule has 3 unspecified atom stereocenters. The van der Waals surface area contributed by atoms with Gasteiger partial charge in [-0.2, -0.15) is 0 Å². The average Bonchev–Trinajstić information content (AvgIpc) is 2.49. The molecule has 116 valence electrons. The van der Waals surface area contributed by atoms with Crippen LogP contribution >= 0.6 is 0 Å². The molecule has 0 aromatic heterocycles. The number of nitrogens with zero attached hydrogens (tertiary/aromatic N) is 1. The molecule has 1 heterocycles. The van der Waals surface area contributed by atoms with E-state index in [1.807, 2.05) is 19.1 Å². The van der Waals surface area contributed by atoms with Crippen LogP contribution in [-0.4, -0.2) is 23.4 Å². The number of piperidine rings is 1. The predicted molar refractivity (Wildman–Crippen MR) is 85.5 cm³/mol. The third-order valence-corrected chi connectivity index (χ3v) is 4.68. The van der Waals surface area contributed by atoms with Crippen molar-refractivity contribution in [1.82, 2.24) is 10.3 Å². The van der Waals surface area contributed by atoms with Crippen LogP contribution in [0.1, 0.15) is 50.7 Å². The number of hydrogen-bond acceptors (Lipinski definition) is 3. The van der Waals surface area contributed by atoms with E-state index in [0.717, 1.165) is 18.0 Å². The molecule has 4 nitrogen and oxygen atoms in total. The Balaban J connectivity index is 1.98. The third kappa shape index (κ3) is 4.05. The maximum atomic E-state index is 11.5. The summed E-state index contributed by atoms with van der Waals surface area (Å²) in [6.07, 6.45) is 2.57. The number of benzene rings is 1. The molecule has 3 N–H and O–H groups in total. The Bertz CT molecular complexity index is 471. The van der Waals surface area contributed by atoms with Gasteiger partial charge in [-0.15, -0.1) is 0 Å². The van der Waals surface area contributed by atoms with E-state index in [9.17, 15) is 4.79 Å². The normalized spacial score (nSPS) is 24.6. The molecule has 4 heteroatoms. The van der Waals surface area contributed by atoms with Crippen LogP contribution in [-0.2, 0) is 11.3 Å². The quantitative estimate of drug-likeness (QED) is 0.508. The first-order chi connectivity index (χ1) is 10.0. The zero-order valence-electron chi connectivity index (χ0n) is 13.3. The second-order valence-electron chi connectivity index (χ2n) is 6.42. The van der Waals surface area contributed by atoms with Crippen LogP contribution in [0, 0.1) is 5.92 Å². The molecule has 0 saturated carbocycles. The molecule has 0 bridgehead atoms. The number of likely N-dealkylation sites (tertiary alicyclic amines) is 1. The number of hydrazine groups is 1. The standard InChI is InChI=1S/C17H27N3O/c1-12-8-9-20(13(2)10-12)11-15-4-6-16(7-5-15)14(3)17(21)19-18/h4-7,12-14H,8-11,18H2,1-3H3,(H,19,21). The second-order valence-corrected chi connectivity index (χ2v) is 6.42. The number of amides is 1. The van der Waals surface area contributed by atoms with Crippen molar-refractivity contribution >= 4 is 5.91 Å². The first-order valence-corrected chi connectivity index (χ1v) is 7.84. The van der Waals surface area contributed by atoms with Crippen molar-refractivity contribution in [2.45, 2.75) is 52.1 Å². The van der Waals surface area contributed by atoms with Crippen LogP contribution in [0.25, 0.3) is 0 Å². The van der Waals surface area contributed by atoms with E-state index >= 15 is 0 Å². The van der Waals surface area contributed by atoms with Crippen LogP contribution in [0.5, 0.6) is 0 Å². The molecule has 1 aliphatic heterocycles. The minimum absolute atomic E-state index is 0.151. The summed E-state index contributed by atoms with van der Waals surface area (Å²) < 4.78 is 0. The molecule has 1 amide bonds. The van der Waals surface area contributed by atoms with E-state index in [2.05, 4.69) is 36.3 Å². The van der Waals surface area contributed by atoms with Gasteiger partial charge in [0, 0.05) is 12.6 Å². The molecular weight excluding hydrogens is 262 g/mol. The maximum absolute atomic E-state index is 11.5. The molecule has 1 aromatic carbocycles. The Kier molecular flexibility index (Phi) is 5.37. The minimum atomic E-state index is -0.209. The number of carbonyl (C=O) groups is 1. The summed E-state index contributed by atoms with van der Waals surface area (Å²) in [6.45, 7) is 8.69. The molecular formula is C17H27N3O. The van der Waals surface area contributed by atoms with Gasteiger partial charge in [0.2, 0.25) is 5.91 Å². The summed E-state index contributed by atoms with van der Waals surface area (Å²) in [6, 6.07) is 8.97. The van der Waals surface area contributed by atoms with Gasteiger partial charge in [0.05, 0.1) is 5.92 Å². The zero-order valence-corrected chi connectivity index (χ0v) is 13.3. The Morgan fingerprint density at radius 3 is 2.62 bits per heavy atom. The van der Waals surface area contributed by atoms with Crippen LogP contribution < -0.4 is 11.3 Å². The van der Waals surface area contributed by atoms with Crippen molar-refractivity contribution in [3.05, 3.63) is 35.4 Å². The van der Waals surface area contributed by atoms with Gasteiger partial charge in [0.1, 0.15) is 0 Å². The van der Waals surface area contributed by atoms with Gasteiger partial charge in [-0.3, -0.25) is 15.1 Å². The first-order valence-electron chi connectivity index (χ1n) is 7.84. The van der Waals surface area contributed by atoms with Crippen molar-refractivity contribution in [3.63, 3.8) is 0 Å². The SMILES string of the molecule is CC1CCN(Cc2ccc(C(C)C(=O)NN)cc2)C(C)C1. The highest BCUT2D eigenvalue weighted by molar-refractivity contribution is 5.82. The molecule has 0 spiro atoms. The van der Waals surface area contributed by atoms with E-state index in [1.165, 1.54) is 24.9 Å². The molecule has 3 atom stereocenters. The van der Waals surface area contributed by atoms with E-state index in [0.29, 0.717) is 6.04 Å². The van der Waals surface area contributed by atoms with Crippen LogP contribution in [0.3, 0.4) is 0 Å². The van der Waals surface area contributed by atoms with Crippen molar-refractivity contribution < 1.29 is 4.79 Å². The van der Waals surface area contributed by atoms with E-state index in [1.54, 1.807) is 0 Å². The third-order valence-electron chi connectivity index (χ3n) is 4.68. The highest BCUT2D eigenvalue weighted by atomic mass is 16.2. The van der Waals surface area contributed by atoms with Gasteiger partial charge in [-0.25, -0.2) is 5.84 Å². The molecule has 1 aromatic rings. The van der Waals surface area contributed by atoms with Crippen LogP contribution in [0.15, 0.2) is 24.3 Å². The van der Waals surface area contributed by atoms with E-state index in [4.69, 9.17) is 5.84 Å². The Labute approximate surface area is 127 Å². The number of rotatable bonds is 4. The summed E-state index contributed by atoms with van der Waals surface area (Å²) >= 11 is 0. The fourth-order valence-corrected chi connectivity index (χ4v) is 3.11. The molecule has 1 aliphatic rings.